The van der Waals surface area contributed by atoms with Crippen LogP contribution in [0.15, 0.2) is 79.1 Å². The Morgan fingerprint density at radius 2 is 1.83 bits per heavy atom. The standard InChI is InChI=1S/C32H34BFN8O4/c1-22-15-35-37-42(22)21-29-20-41(32(43)46-29)27-10-13-30(31(34)14-27)25-8-4-23(5-9-25)16-39(33(2)44)18-26-19-40(38-36-26)17-24-6-11-28(45-3)12-7-24/h4-15,19,29,44H,16-18,20-21H2,1-3H3/t29-/m1/s1. The smallest absolute Gasteiger partial charge is 0.414 e. The van der Waals surface area contributed by atoms with Crippen molar-refractivity contribution in [3.8, 4) is 16.9 Å². The van der Waals surface area contributed by atoms with Crippen LogP contribution in [0.4, 0.5) is 14.9 Å². The Morgan fingerprint density at radius 1 is 1.07 bits per heavy atom. The Labute approximate surface area is 266 Å². The monoisotopic (exact) mass is 624 g/mol. The molecule has 1 aliphatic heterocycles. The molecule has 3 aromatic carbocycles. The van der Waals surface area contributed by atoms with Crippen LogP contribution in [0.2, 0.25) is 6.82 Å². The average Bonchev–Trinajstić information content (AvgIpc) is 3.77. The summed E-state index contributed by atoms with van der Waals surface area (Å²) in [6.45, 7) is 5.66. The second-order valence-electron chi connectivity index (χ2n) is 11.3. The van der Waals surface area contributed by atoms with E-state index in [-0.39, 0.29) is 6.54 Å². The number of ether oxygens (including phenoxy) is 2. The van der Waals surface area contributed by atoms with Crippen LogP contribution in [-0.2, 0) is 30.9 Å². The molecule has 0 unspecified atom stereocenters. The number of methoxy groups -OCH3 is 1. The van der Waals surface area contributed by atoms with Gasteiger partial charge in [-0.05, 0) is 60.8 Å². The summed E-state index contributed by atoms with van der Waals surface area (Å²) in [5.74, 6) is 0.346. The van der Waals surface area contributed by atoms with Crippen molar-refractivity contribution in [2.75, 3.05) is 18.6 Å². The number of halogens is 1. The molecule has 0 aliphatic carbocycles. The van der Waals surface area contributed by atoms with Gasteiger partial charge in [0.15, 0.2) is 0 Å². The number of benzene rings is 3. The molecule has 3 heterocycles. The zero-order valence-corrected chi connectivity index (χ0v) is 25.8. The number of anilines is 1. The molecule has 0 radical (unpaired) electrons. The second-order valence-corrected chi connectivity index (χ2v) is 11.3. The molecule has 1 amide bonds. The van der Waals surface area contributed by atoms with E-state index in [4.69, 9.17) is 9.47 Å². The Kier molecular flexibility index (Phi) is 9.08. The second kappa shape index (κ2) is 13.5. The lowest BCUT2D eigenvalue weighted by Crippen LogP contribution is -2.36. The number of nitrogens with zero attached hydrogens (tertiary/aromatic N) is 8. The highest BCUT2D eigenvalue weighted by Gasteiger charge is 2.33. The minimum atomic E-state index is -0.728. The highest BCUT2D eigenvalue weighted by atomic mass is 19.1. The molecule has 0 saturated carbocycles. The maximum absolute atomic E-state index is 15.3. The molecule has 46 heavy (non-hydrogen) atoms. The van der Waals surface area contributed by atoms with Crippen LogP contribution in [-0.4, -0.2) is 72.7 Å². The van der Waals surface area contributed by atoms with Gasteiger partial charge in [-0.3, -0.25) is 4.90 Å². The minimum absolute atomic E-state index is 0.282. The highest BCUT2D eigenvalue weighted by molar-refractivity contribution is 6.45. The summed E-state index contributed by atoms with van der Waals surface area (Å²) >= 11 is 0. The normalized spacial score (nSPS) is 14.6. The van der Waals surface area contributed by atoms with Gasteiger partial charge in [0.2, 0.25) is 0 Å². The molecule has 1 aliphatic rings. The van der Waals surface area contributed by atoms with Gasteiger partial charge < -0.3 is 19.3 Å². The van der Waals surface area contributed by atoms with Crippen LogP contribution in [0.25, 0.3) is 11.1 Å². The zero-order chi connectivity index (χ0) is 32.2. The lowest BCUT2D eigenvalue weighted by atomic mass is 9.84. The van der Waals surface area contributed by atoms with Crippen LogP contribution >= 0.6 is 0 Å². The summed E-state index contributed by atoms with van der Waals surface area (Å²) in [7, 11) is 0.906. The van der Waals surface area contributed by atoms with Crippen molar-refractivity contribution < 1.29 is 23.7 Å². The van der Waals surface area contributed by atoms with E-state index in [2.05, 4.69) is 20.6 Å². The Balaban J connectivity index is 1.07. The summed E-state index contributed by atoms with van der Waals surface area (Å²) in [5, 5.41) is 26.9. The summed E-state index contributed by atoms with van der Waals surface area (Å²) in [6, 6.07) is 20.0. The molecule has 236 valence electrons. The van der Waals surface area contributed by atoms with E-state index in [1.54, 1.807) is 41.6 Å². The van der Waals surface area contributed by atoms with Gasteiger partial charge in [-0.2, -0.15) is 0 Å². The fourth-order valence-electron chi connectivity index (χ4n) is 5.37. The molecule has 1 saturated heterocycles. The number of amides is 1. The first-order valence-corrected chi connectivity index (χ1v) is 14.9. The number of rotatable bonds is 12. The van der Waals surface area contributed by atoms with Crippen LogP contribution in [0.1, 0.15) is 22.5 Å². The van der Waals surface area contributed by atoms with E-state index in [9.17, 15) is 9.82 Å². The molecule has 5 aromatic rings. The third kappa shape index (κ3) is 7.08. The van der Waals surface area contributed by atoms with E-state index in [0.717, 1.165) is 28.3 Å². The van der Waals surface area contributed by atoms with Crippen LogP contribution in [0.3, 0.4) is 0 Å². The van der Waals surface area contributed by atoms with Crippen molar-refractivity contribution in [3.63, 3.8) is 0 Å². The lowest BCUT2D eigenvalue weighted by molar-refractivity contribution is 0.128. The largest absolute Gasteiger partial charge is 0.497 e. The molecule has 2 aromatic heterocycles. The Hall–Kier alpha value is -5.08. The highest BCUT2D eigenvalue weighted by Crippen LogP contribution is 2.30. The fourth-order valence-corrected chi connectivity index (χ4v) is 5.37. The minimum Gasteiger partial charge on any atom is -0.497 e. The number of aryl methyl sites for hydroxylation is 1. The number of carbonyl (C=O) groups is 1. The predicted octanol–water partition coefficient (Wildman–Crippen LogP) is 4.18. The number of aromatic nitrogens is 6. The lowest BCUT2D eigenvalue weighted by Gasteiger charge is -2.22. The van der Waals surface area contributed by atoms with Gasteiger partial charge in [-0.1, -0.05) is 46.8 Å². The third-order valence-corrected chi connectivity index (χ3v) is 7.96. The SMILES string of the molecule is COc1ccc(Cn2cc(CN(Cc3ccc(-c4ccc(N5C[C@H](Cn6nncc6C)OC5=O)cc4F)cc3)B(C)O)nn2)cc1. The van der Waals surface area contributed by atoms with E-state index in [0.29, 0.717) is 43.0 Å². The number of cyclic esters (lactones) is 1. The number of hydrogen-bond donors (Lipinski definition) is 1. The van der Waals surface area contributed by atoms with Crippen LogP contribution < -0.4 is 9.64 Å². The van der Waals surface area contributed by atoms with Gasteiger partial charge >= 0.3 is 13.1 Å². The number of hydrogen-bond acceptors (Lipinski definition) is 9. The van der Waals surface area contributed by atoms with E-state index >= 15 is 4.39 Å². The Morgan fingerprint density at radius 3 is 2.50 bits per heavy atom. The van der Waals surface area contributed by atoms with Gasteiger partial charge in [0.05, 0.1) is 56.2 Å². The first-order valence-electron chi connectivity index (χ1n) is 14.9. The molecule has 12 nitrogen and oxygen atoms in total. The average molecular weight is 624 g/mol. The van der Waals surface area contributed by atoms with Crippen molar-refractivity contribution in [3.05, 3.63) is 107 Å². The Bertz CT molecular complexity index is 1790. The maximum Gasteiger partial charge on any atom is 0.414 e. The first kappa shape index (κ1) is 30.9. The zero-order valence-electron chi connectivity index (χ0n) is 25.8. The quantitative estimate of drug-likeness (QED) is 0.204. The molecule has 1 atom stereocenters. The topological polar surface area (TPSA) is 124 Å². The van der Waals surface area contributed by atoms with Crippen LogP contribution in [0.5, 0.6) is 5.75 Å². The summed E-state index contributed by atoms with van der Waals surface area (Å²) in [6.07, 6.45) is 2.56. The molecule has 1 fully saturated rings. The summed E-state index contributed by atoms with van der Waals surface area (Å²) < 4.78 is 29.5. The van der Waals surface area contributed by atoms with E-state index < -0.39 is 25.1 Å². The maximum atomic E-state index is 15.3. The van der Waals surface area contributed by atoms with Crippen molar-refractivity contribution in [2.45, 2.75) is 46.0 Å². The van der Waals surface area contributed by atoms with Crippen molar-refractivity contribution >= 4 is 18.8 Å². The van der Waals surface area contributed by atoms with Gasteiger partial charge in [0, 0.05) is 18.7 Å². The van der Waals surface area contributed by atoms with Crippen molar-refractivity contribution in [2.24, 2.45) is 0 Å². The van der Waals surface area contributed by atoms with Gasteiger partial charge in [0.25, 0.3) is 0 Å². The number of carbonyl (C=O) groups excluding carboxylic acids is 1. The van der Waals surface area contributed by atoms with Crippen molar-refractivity contribution in [1.82, 2.24) is 34.8 Å². The third-order valence-electron chi connectivity index (χ3n) is 7.96. The molecule has 0 spiro atoms. The summed E-state index contributed by atoms with van der Waals surface area (Å²) in [5.41, 5.74) is 5.14. The molecule has 6 rings (SSSR count). The first-order chi connectivity index (χ1) is 22.2. The van der Waals surface area contributed by atoms with Crippen molar-refractivity contribution in [1.29, 1.82) is 0 Å². The van der Waals surface area contributed by atoms with E-state index in [1.165, 1.54) is 11.0 Å². The fraction of sp³-hybridized carbons (Fsp3) is 0.281. The molecular weight excluding hydrogens is 590 g/mol. The molecule has 14 heteroatoms. The van der Waals surface area contributed by atoms with Crippen LogP contribution in [0, 0.1) is 12.7 Å². The summed E-state index contributed by atoms with van der Waals surface area (Å²) in [4.78, 5) is 15.9. The molecule has 0 bridgehead atoms. The van der Waals surface area contributed by atoms with Gasteiger partial charge in [-0.15, -0.1) is 10.2 Å². The molecule has 1 N–H and O–H groups in total. The predicted molar refractivity (Wildman–Crippen MR) is 169 cm³/mol. The van der Waals surface area contributed by atoms with E-state index in [1.807, 2.05) is 66.5 Å². The molecular formula is C32H34BFN8O4. The van der Waals surface area contributed by atoms with Gasteiger partial charge in [-0.25, -0.2) is 18.5 Å². The van der Waals surface area contributed by atoms with Gasteiger partial charge in [0.1, 0.15) is 17.7 Å².